The van der Waals surface area contributed by atoms with Crippen molar-refractivity contribution in [2.75, 3.05) is 31.6 Å². The molecule has 0 saturated heterocycles. The number of hydrogen-bond donors (Lipinski definition) is 2. The molecule has 126 valence electrons. The van der Waals surface area contributed by atoms with Gasteiger partial charge in [0.1, 0.15) is 0 Å². The largest absolute Gasteiger partial charge is 0.356 e. The summed E-state index contributed by atoms with van der Waals surface area (Å²) in [6.07, 6.45) is 2.95. The number of thioether (sulfide) groups is 1. The highest BCUT2D eigenvalue weighted by Crippen LogP contribution is 2.02. The average molecular weight is 437 g/mol. The Morgan fingerprint density at radius 1 is 1.41 bits per heavy atom. The molecule has 0 saturated carbocycles. The Morgan fingerprint density at radius 3 is 2.73 bits per heavy atom. The Morgan fingerprint density at radius 2 is 2.14 bits per heavy atom. The third-order valence-electron chi connectivity index (χ3n) is 2.94. The van der Waals surface area contributed by atoms with Crippen LogP contribution in [0.3, 0.4) is 0 Å². The molecule has 0 aromatic carbocycles. The number of guanidine groups is 1. The Labute approximate surface area is 155 Å². The van der Waals surface area contributed by atoms with E-state index in [1.807, 2.05) is 24.8 Å². The molecule has 1 aromatic rings. The van der Waals surface area contributed by atoms with Crippen molar-refractivity contribution in [3.63, 3.8) is 0 Å². The molecule has 0 radical (unpaired) electrons. The van der Waals surface area contributed by atoms with Crippen LogP contribution in [0.25, 0.3) is 0 Å². The van der Waals surface area contributed by atoms with Gasteiger partial charge in [0.05, 0.1) is 5.69 Å². The number of halogens is 1. The van der Waals surface area contributed by atoms with Crippen LogP contribution in [0.2, 0.25) is 0 Å². The summed E-state index contributed by atoms with van der Waals surface area (Å²) in [5, 5.41) is 11.1. The first-order valence-electron chi connectivity index (χ1n) is 7.31. The van der Waals surface area contributed by atoms with Gasteiger partial charge in [-0.25, -0.2) is 0 Å². The summed E-state index contributed by atoms with van der Waals surface area (Å²) in [6, 6.07) is 2.11. The van der Waals surface area contributed by atoms with Crippen molar-refractivity contribution < 1.29 is 0 Å². The summed E-state index contributed by atoms with van der Waals surface area (Å²) in [4.78, 5) is 4.21. The van der Waals surface area contributed by atoms with Gasteiger partial charge in [-0.15, -0.1) is 30.6 Å². The van der Waals surface area contributed by atoms with Gasteiger partial charge < -0.3 is 10.6 Å². The normalized spacial score (nSPS) is 11.0. The molecule has 0 atom stereocenters. The van der Waals surface area contributed by atoms with Crippen LogP contribution < -0.4 is 10.6 Å². The third kappa shape index (κ3) is 8.67. The van der Waals surface area contributed by atoms with E-state index in [2.05, 4.69) is 45.0 Å². The quantitative estimate of drug-likeness (QED) is 0.205. The van der Waals surface area contributed by atoms with Gasteiger partial charge in [0.25, 0.3) is 0 Å². The molecule has 0 spiro atoms. The zero-order valence-corrected chi connectivity index (χ0v) is 16.9. The van der Waals surface area contributed by atoms with Crippen LogP contribution in [0, 0.1) is 13.8 Å². The number of aromatic nitrogens is 2. The van der Waals surface area contributed by atoms with Crippen molar-refractivity contribution in [3.8, 4) is 0 Å². The van der Waals surface area contributed by atoms with Crippen LogP contribution >= 0.6 is 35.7 Å². The van der Waals surface area contributed by atoms with E-state index in [1.165, 1.54) is 5.69 Å². The first kappa shape index (κ1) is 21.3. The van der Waals surface area contributed by atoms with Crippen molar-refractivity contribution in [3.05, 3.63) is 30.1 Å². The average Bonchev–Trinajstić information content (AvgIpc) is 2.79. The Balaban J connectivity index is 0.00000441. The molecule has 0 fully saturated rings. The van der Waals surface area contributed by atoms with E-state index in [0.717, 1.165) is 49.2 Å². The maximum Gasteiger partial charge on any atom is 0.191 e. The van der Waals surface area contributed by atoms with E-state index in [9.17, 15) is 0 Å². The molecule has 7 heteroatoms. The zero-order valence-electron chi connectivity index (χ0n) is 13.8. The van der Waals surface area contributed by atoms with Crippen LogP contribution in [-0.4, -0.2) is 47.4 Å². The molecule has 1 rings (SSSR count). The first-order chi connectivity index (χ1) is 10.2. The second kappa shape index (κ2) is 12.8. The Bertz CT molecular complexity index is 459. The van der Waals surface area contributed by atoms with E-state index in [0.29, 0.717) is 0 Å². The predicted molar refractivity (Wildman–Crippen MR) is 109 cm³/mol. The predicted octanol–water partition coefficient (Wildman–Crippen LogP) is 2.59. The number of hydrogen-bond acceptors (Lipinski definition) is 3. The lowest BCUT2D eigenvalue weighted by atomic mass is 10.4. The molecule has 22 heavy (non-hydrogen) atoms. The summed E-state index contributed by atoms with van der Waals surface area (Å²) in [6.45, 7) is 10.6. The molecule has 0 amide bonds. The molecule has 0 bridgehead atoms. The highest BCUT2D eigenvalue weighted by atomic mass is 127. The minimum Gasteiger partial charge on any atom is -0.356 e. The van der Waals surface area contributed by atoms with Crippen molar-refractivity contribution in [2.24, 2.45) is 4.99 Å². The monoisotopic (exact) mass is 437 g/mol. The van der Waals surface area contributed by atoms with Crippen LogP contribution in [0.4, 0.5) is 0 Å². The molecule has 5 nitrogen and oxygen atoms in total. The molecule has 1 aromatic heterocycles. The van der Waals surface area contributed by atoms with Crippen molar-refractivity contribution in [2.45, 2.75) is 26.8 Å². The third-order valence-corrected chi connectivity index (χ3v) is 3.90. The van der Waals surface area contributed by atoms with Gasteiger partial charge in [0.2, 0.25) is 0 Å². The fourth-order valence-electron chi connectivity index (χ4n) is 1.97. The van der Waals surface area contributed by atoms with E-state index < -0.39 is 0 Å². The highest BCUT2D eigenvalue weighted by molar-refractivity contribution is 14.0. The van der Waals surface area contributed by atoms with Gasteiger partial charge in [0.15, 0.2) is 5.96 Å². The summed E-state index contributed by atoms with van der Waals surface area (Å²) in [5.74, 6) is 2.91. The smallest absolute Gasteiger partial charge is 0.191 e. The van der Waals surface area contributed by atoms with Crippen molar-refractivity contribution in [1.82, 2.24) is 20.4 Å². The van der Waals surface area contributed by atoms with Gasteiger partial charge in [-0.05, 0) is 26.3 Å². The molecule has 0 aliphatic heterocycles. The van der Waals surface area contributed by atoms with Gasteiger partial charge in [-0.3, -0.25) is 9.67 Å². The molecular weight excluding hydrogens is 409 g/mol. The summed E-state index contributed by atoms with van der Waals surface area (Å²) in [5.41, 5.74) is 2.30. The number of rotatable bonds is 9. The number of nitrogens with zero attached hydrogens (tertiary/aromatic N) is 3. The minimum absolute atomic E-state index is 0. The summed E-state index contributed by atoms with van der Waals surface area (Å²) in [7, 11) is 1.80. The first-order valence-corrected chi connectivity index (χ1v) is 8.47. The summed E-state index contributed by atoms with van der Waals surface area (Å²) < 4.78 is 2.05. The van der Waals surface area contributed by atoms with Crippen LogP contribution in [-0.2, 0) is 6.54 Å². The lowest BCUT2D eigenvalue weighted by molar-refractivity contribution is 0.555. The lowest BCUT2D eigenvalue weighted by Gasteiger charge is -2.11. The lowest BCUT2D eigenvalue weighted by Crippen LogP contribution is -2.39. The number of aliphatic imine (C=N–C) groups is 1. The van der Waals surface area contributed by atoms with E-state index in [1.54, 1.807) is 7.05 Å². The fourth-order valence-corrected chi connectivity index (χ4v) is 2.55. The second-order valence-electron chi connectivity index (χ2n) is 4.79. The van der Waals surface area contributed by atoms with E-state index in [-0.39, 0.29) is 24.0 Å². The molecular formula is C15H28IN5S. The minimum atomic E-state index is 0. The maximum absolute atomic E-state index is 4.46. The number of nitrogens with one attached hydrogen (secondary N) is 2. The molecule has 0 aliphatic carbocycles. The standard InChI is InChI=1S/C15H27N5S.HI/c1-5-10-21-11-8-18-15(16-4)17-7-6-9-20-14(3)12-13(2)19-20;/h5,12H,1,6-11H2,2-4H3,(H2,16,17,18);1H. The van der Waals surface area contributed by atoms with Gasteiger partial charge >= 0.3 is 0 Å². The van der Waals surface area contributed by atoms with Crippen LogP contribution in [0.5, 0.6) is 0 Å². The highest BCUT2D eigenvalue weighted by Gasteiger charge is 2.01. The maximum atomic E-state index is 4.46. The molecule has 0 aliphatic rings. The molecule has 2 N–H and O–H groups in total. The van der Waals surface area contributed by atoms with Gasteiger partial charge in [-0.2, -0.15) is 16.9 Å². The van der Waals surface area contributed by atoms with E-state index in [4.69, 9.17) is 0 Å². The molecule has 1 heterocycles. The van der Waals surface area contributed by atoms with Gasteiger partial charge in [-0.1, -0.05) is 6.08 Å². The Hall–Kier alpha value is -0.700. The second-order valence-corrected chi connectivity index (χ2v) is 5.94. The van der Waals surface area contributed by atoms with Gasteiger partial charge in [0, 0.05) is 43.9 Å². The zero-order chi connectivity index (χ0) is 15.5. The summed E-state index contributed by atoms with van der Waals surface area (Å²) >= 11 is 1.86. The van der Waals surface area contributed by atoms with Crippen molar-refractivity contribution in [1.29, 1.82) is 0 Å². The van der Waals surface area contributed by atoms with Crippen molar-refractivity contribution >= 4 is 41.7 Å². The number of aryl methyl sites for hydroxylation is 3. The van der Waals surface area contributed by atoms with E-state index >= 15 is 0 Å². The fraction of sp³-hybridized carbons (Fsp3) is 0.600. The topological polar surface area (TPSA) is 54.2 Å². The molecule has 0 unspecified atom stereocenters. The van der Waals surface area contributed by atoms with Crippen LogP contribution in [0.15, 0.2) is 23.7 Å². The Kier molecular flexibility index (Phi) is 12.4. The van der Waals surface area contributed by atoms with Crippen LogP contribution in [0.1, 0.15) is 17.8 Å². The SMILES string of the molecule is C=CCSCCNC(=NC)NCCCn1nc(C)cc1C.I.